The van der Waals surface area contributed by atoms with Crippen LogP contribution in [-0.4, -0.2) is 51.1 Å². The topological polar surface area (TPSA) is 141 Å². The van der Waals surface area contributed by atoms with Crippen molar-refractivity contribution < 1.29 is 36.6 Å². The number of rotatable bonds is 20. The van der Waals surface area contributed by atoms with Gasteiger partial charge in [-0.2, -0.15) is 8.42 Å². The Labute approximate surface area is 232 Å². The summed E-state index contributed by atoms with van der Waals surface area (Å²) >= 11 is 0. The van der Waals surface area contributed by atoms with Gasteiger partial charge in [-0.3, -0.25) is 28.2 Å². The van der Waals surface area contributed by atoms with E-state index in [1.807, 2.05) is 20.8 Å². The van der Waals surface area contributed by atoms with E-state index in [-0.39, 0.29) is 89.1 Å². The summed E-state index contributed by atoms with van der Waals surface area (Å²) in [7, 11) is -3.10. The lowest BCUT2D eigenvalue weighted by Crippen LogP contribution is -2.32. The van der Waals surface area contributed by atoms with Gasteiger partial charge in [0.2, 0.25) is 5.91 Å². The van der Waals surface area contributed by atoms with Crippen LogP contribution in [0.5, 0.6) is 0 Å². The van der Waals surface area contributed by atoms with Crippen molar-refractivity contribution in [3.8, 4) is 0 Å². The van der Waals surface area contributed by atoms with Gasteiger partial charge in [-0.25, -0.2) is 0 Å². The number of carbonyl (C=O) groups excluding carboxylic acids is 5. The minimum atomic E-state index is -4.10. The van der Waals surface area contributed by atoms with Crippen molar-refractivity contribution in [1.29, 1.82) is 0 Å². The second-order valence-electron chi connectivity index (χ2n) is 9.90. The van der Waals surface area contributed by atoms with Crippen molar-refractivity contribution in [2.45, 2.75) is 96.8 Å². The van der Waals surface area contributed by atoms with E-state index in [0.29, 0.717) is 12.8 Å². The van der Waals surface area contributed by atoms with Crippen molar-refractivity contribution in [2.24, 2.45) is 11.8 Å². The molecule has 0 radical (unpaired) electrons. The standard InChI is InChI=1S/C29H43NO8S/c1-6-9-11-26(33)19-30-29(35)18-22(8-3)21(7-2)15-25(32)12-10-13-28(34)24-14-23(20(4)31)16-27(17-24)39(36,37)38-5/h14,16-17,21-22H,6-13,15,18-19H2,1-5H3,(H,30,35). The van der Waals surface area contributed by atoms with E-state index >= 15 is 0 Å². The molecule has 0 aliphatic rings. The van der Waals surface area contributed by atoms with Gasteiger partial charge in [-0.1, -0.05) is 40.0 Å². The number of carbonyl (C=O) groups is 5. The average Bonchev–Trinajstić information content (AvgIpc) is 2.91. The summed E-state index contributed by atoms with van der Waals surface area (Å²) in [4.78, 5) is 61.3. The lowest BCUT2D eigenvalue weighted by atomic mass is 9.81. The highest BCUT2D eigenvalue weighted by atomic mass is 32.2. The van der Waals surface area contributed by atoms with Crippen molar-refractivity contribution in [3.05, 3.63) is 29.3 Å². The number of nitrogens with one attached hydrogen (secondary N) is 1. The molecule has 0 aliphatic heterocycles. The van der Waals surface area contributed by atoms with Crippen molar-refractivity contribution in [3.63, 3.8) is 0 Å². The molecule has 1 amide bonds. The predicted molar refractivity (Wildman–Crippen MR) is 148 cm³/mol. The van der Waals surface area contributed by atoms with Crippen LogP contribution in [0.15, 0.2) is 23.1 Å². The normalized spacial score (nSPS) is 12.9. The molecule has 0 bridgehead atoms. The predicted octanol–water partition coefficient (Wildman–Crippen LogP) is 4.85. The highest BCUT2D eigenvalue weighted by Crippen LogP contribution is 2.27. The van der Waals surface area contributed by atoms with Crippen molar-refractivity contribution in [1.82, 2.24) is 5.32 Å². The maximum Gasteiger partial charge on any atom is 0.296 e. The monoisotopic (exact) mass is 565 g/mol. The summed E-state index contributed by atoms with van der Waals surface area (Å²) in [6.45, 7) is 7.26. The Morgan fingerprint density at radius 1 is 0.821 bits per heavy atom. The zero-order chi connectivity index (χ0) is 29.6. The van der Waals surface area contributed by atoms with E-state index < -0.39 is 10.1 Å². The molecule has 0 saturated heterocycles. The molecule has 1 aromatic rings. The van der Waals surface area contributed by atoms with Crippen LogP contribution < -0.4 is 5.32 Å². The highest BCUT2D eigenvalue weighted by Gasteiger charge is 2.24. The summed E-state index contributed by atoms with van der Waals surface area (Å²) in [6.07, 6.45) is 4.64. The van der Waals surface area contributed by atoms with Gasteiger partial charge in [0.05, 0.1) is 18.6 Å². The Balaban J connectivity index is 2.70. The van der Waals surface area contributed by atoms with Crippen LogP contribution in [0, 0.1) is 11.8 Å². The number of Topliss-reactive ketones (excluding diaryl/α,β-unsaturated/α-hetero) is 4. The largest absolute Gasteiger partial charge is 0.349 e. The first kappa shape index (κ1) is 34.3. The van der Waals surface area contributed by atoms with Gasteiger partial charge in [-0.05, 0) is 49.8 Å². The fourth-order valence-electron chi connectivity index (χ4n) is 4.45. The zero-order valence-electron chi connectivity index (χ0n) is 23.8. The van der Waals surface area contributed by atoms with E-state index in [1.165, 1.54) is 25.1 Å². The molecular formula is C29H43NO8S. The lowest BCUT2D eigenvalue weighted by Gasteiger charge is -2.24. The summed E-state index contributed by atoms with van der Waals surface area (Å²) in [5.41, 5.74) is 0.153. The van der Waals surface area contributed by atoms with E-state index in [0.717, 1.165) is 32.8 Å². The fraction of sp³-hybridized carbons (Fsp3) is 0.621. The number of hydrogen-bond donors (Lipinski definition) is 1. The zero-order valence-corrected chi connectivity index (χ0v) is 24.7. The molecule has 9 nitrogen and oxygen atoms in total. The third-order valence-corrected chi connectivity index (χ3v) is 8.20. The van der Waals surface area contributed by atoms with Gasteiger partial charge >= 0.3 is 0 Å². The van der Waals surface area contributed by atoms with Gasteiger partial charge in [-0.15, -0.1) is 0 Å². The maximum absolute atomic E-state index is 12.8. The molecule has 218 valence electrons. The molecule has 0 saturated carbocycles. The number of unbranched alkanes of at least 4 members (excludes halogenated alkanes) is 1. The molecule has 1 aromatic carbocycles. The Bertz CT molecular complexity index is 1130. The van der Waals surface area contributed by atoms with Crippen LogP contribution in [0.25, 0.3) is 0 Å². The first-order valence-electron chi connectivity index (χ1n) is 13.7. The van der Waals surface area contributed by atoms with Gasteiger partial charge in [0.15, 0.2) is 17.3 Å². The van der Waals surface area contributed by atoms with E-state index in [4.69, 9.17) is 0 Å². The van der Waals surface area contributed by atoms with Crippen LogP contribution in [-0.2, 0) is 28.7 Å². The number of hydrogen-bond acceptors (Lipinski definition) is 8. The van der Waals surface area contributed by atoms with Crippen molar-refractivity contribution in [2.75, 3.05) is 13.7 Å². The smallest absolute Gasteiger partial charge is 0.296 e. The number of amides is 1. The first-order valence-corrected chi connectivity index (χ1v) is 15.1. The molecule has 1 N–H and O–H groups in total. The Morgan fingerprint density at radius 3 is 1.97 bits per heavy atom. The Kier molecular flexibility index (Phi) is 15.0. The number of benzene rings is 1. The maximum atomic E-state index is 12.8. The second kappa shape index (κ2) is 17.1. The molecule has 39 heavy (non-hydrogen) atoms. The average molecular weight is 566 g/mol. The summed E-state index contributed by atoms with van der Waals surface area (Å²) < 4.78 is 28.7. The quantitative estimate of drug-likeness (QED) is 0.175. The Hall–Kier alpha value is -2.72. The molecule has 0 fully saturated rings. The Morgan fingerprint density at radius 2 is 1.41 bits per heavy atom. The number of ketones is 4. The lowest BCUT2D eigenvalue weighted by molar-refractivity contribution is -0.126. The molecule has 1 rings (SSSR count). The van der Waals surface area contributed by atoms with Gasteiger partial charge in [0.1, 0.15) is 5.78 Å². The van der Waals surface area contributed by atoms with Crippen LogP contribution >= 0.6 is 0 Å². The molecule has 0 aromatic heterocycles. The minimum Gasteiger partial charge on any atom is -0.349 e. The third-order valence-electron chi connectivity index (χ3n) is 6.95. The van der Waals surface area contributed by atoms with Crippen LogP contribution in [0.2, 0.25) is 0 Å². The molecule has 2 atom stereocenters. The van der Waals surface area contributed by atoms with E-state index in [2.05, 4.69) is 9.50 Å². The molecule has 0 spiro atoms. The van der Waals surface area contributed by atoms with Gasteiger partial charge in [0, 0.05) is 43.2 Å². The van der Waals surface area contributed by atoms with E-state index in [1.54, 1.807) is 0 Å². The molecular weight excluding hydrogens is 522 g/mol. The van der Waals surface area contributed by atoms with Crippen LogP contribution in [0.1, 0.15) is 113 Å². The van der Waals surface area contributed by atoms with E-state index in [9.17, 15) is 32.4 Å². The van der Waals surface area contributed by atoms with Crippen LogP contribution in [0.3, 0.4) is 0 Å². The van der Waals surface area contributed by atoms with Crippen LogP contribution in [0.4, 0.5) is 0 Å². The molecule has 10 heteroatoms. The van der Waals surface area contributed by atoms with Gasteiger partial charge < -0.3 is 5.32 Å². The second-order valence-corrected chi connectivity index (χ2v) is 11.6. The SMILES string of the molecule is CCCCC(=O)CNC(=O)CC(CC)C(CC)CC(=O)CCCC(=O)c1cc(C(C)=O)cc(S(=O)(=O)OC)c1. The first-order chi connectivity index (χ1) is 18.4. The summed E-state index contributed by atoms with van der Waals surface area (Å²) in [5, 5.41) is 2.70. The highest BCUT2D eigenvalue weighted by molar-refractivity contribution is 7.86. The molecule has 0 aliphatic carbocycles. The molecule has 0 heterocycles. The molecule has 2 unspecified atom stereocenters. The minimum absolute atomic E-state index is 0.00167. The summed E-state index contributed by atoms with van der Waals surface area (Å²) in [6, 6.07) is 3.69. The third kappa shape index (κ3) is 11.9. The van der Waals surface area contributed by atoms with Crippen molar-refractivity contribution >= 4 is 39.2 Å². The fourth-order valence-corrected chi connectivity index (χ4v) is 5.18. The van der Waals surface area contributed by atoms with Gasteiger partial charge in [0.25, 0.3) is 10.1 Å². The summed E-state index contributed by atoms with van der Waals surface area (Å²) in [5.74, 6) is -0.938.